The van der Waals surface area contributed by atoms with Crippen molar-refractivity contribution < 1.29 is 9.59 Å². The number of nitrogens with one attached hydrogen (secondary N) is 1. The summed E-state index contributed by atoms with van der Waals surface area (Å²) in [6.45, 7) is 5.74. The highest BCUT2D eigenvalue weighted by molar-refractivity contribution is 6.00. The number of nitrogens with two attached hydrogens (primary N) is 1. The van der Waals surface area contributed by atoms with Gasteiger partial charge in [-0.1, -0.05) is 27.2 Å². The van der Waals surface area contributed by atoms with Crippen molar-refractivity contribution in [2.24, 2.45) is 28.9 Å². The molecule has 1 aromatic carbocycles. The quantitative estimate of drug-likeness (QED) is 0.815. The summed E-state index contributed by atoms with van der Waals surface area (Å²) < 4.78 is 0. The third-order valence-electron chi connectivity index (χ3n) is 5.88. The first-order chi connectivity index (χ1) is 11.8. The van der Waals surface area contributed by atoms with Crippen molar-refractivity contribution in [1.29, 1.82) is 0 Å². The molecule has 2 bridgehead atoms. The highest BCUT2D eigenvalue weighted by atomic mass is 16.2. The lowest BCUT2D eigenvalue weighted by atomic mass is 9.65. The number of carbonyl (C=O) groups is 2. The van der Waals surface area contributed by atoms with E-state index in [1.54, 1.807) is 12.1 Å². The van der Waals surface area contributed by atoms with Crippen LogP contribution in [0.25, 0.3) is 0 Å². The number of hydrogen-bond donors (Lipinski definition) is 2. The molecule has 0 radical (unpaired) electrons. The van der Waals surface area contributed by atoms with E-state index in [4.69, 9.17) is 5.73 Å². The first kappa shape index (κ1) is 18.1. The fraction of sp³-hybridized carbons (Fsp3) is 0.619. The zero-order valence-electron chi connectivity index (χ0n) is 15.5. The van der Waals surface area contributed by atoms with Gasteiger partial charge in [-0.3, -0.25) is 9.59 Å². The molecule has 2 atom stereocenters. The number of Topliss-reactive ketones (excluding diaryl/α,β-unsaturated/α-hetero) is 1. The number of carbonyl (C=O) groups excluding carboxylic acids is 2. The molecule has 2 unspecified atom stereocenters. The molecular weight excluding hydrogens is 312 g/mol. The largest absolute Gasteiger partial charge is 0.327 e. The molecule has 1 amide bonds. The van der Waals surface area contributed by atoms with E-state index in [2.05, 4.69) is 5.32 Å². The minimum atomic E-state index is -0.399. The maximum atomic E-state index is 12.7. The Bertz CT molecular complexity index is 631. The maximum Gasteiger partial charge on any atom is 0.227 e. The van der Waals surface area contributed by atoms with Gasteiger partial charge >= 0.3 is 0 Å². The Kier molecular flexibility index (Phi) is 5.01. The van der Waals surface area contributed by atoms with Crippen molar-refractivity contribution in [1.82, 2.24) is 0 Å². The molecule has 0 aliphatic heterocycles. The van der Waals surface area contributed by atoms with Gasteiger partial charge in [0.05, 0.1) is 0 Å². The predicted molar refractivity (Wildman–Crippen MR) is 100 cm³/mol. The Hall–Kier alpha value is -1.68. The van der Waals surface area contributed by atoms with Gasteiger partial charge < -0.3 is 11.1 Å². The van der Waals surface area contributed by atoms with E-state index in [9.17, 15) is 9.59 Å². The number of fused-ring (bicyclic) bond motifs is 2. The van der Waals surface area contributed by atoms with E-state index in [0.717, 1.165) is 31.4 Å². The Labute approximate surface area is 150 Å². The molecule has 2 saturated carbocycles. The van der Waals surface area contributed by atoms with Crippen molar-refractivity contribution in [3.63, 3.8) is 0 Å². The van der Waals surface area contributed by atoms with Gasteiger partial charge in [-0.25, -0.2) is 0 Å². The zero-order valence-corrected chi connectivity index (χ0v) is 15.5. The number of benzene rings is 1. The van der Waals surface area contributed by atoms with Crippen LogP contribution in [0, 0.1) is 23.2 Å². The van der Waals surface area contributed by atoms with Crippen molar-refractivity contribution in [3.8, 4) is 0 Å². The molecular formula is C21H30N2O2. The van der Waals surface area contributed by atoms with Crippen LogP contribution in [-0.2, 0) is 4.79 Å². The summed E-state index contributed by atoms with van der Waals surface area (Å²) in [4.78, 5) is 25.0. The number of ketones is 1. The van der Waals surface area contributed by atoms with Gasteiger partial charge in [-0.2, -0.15) is 0 Å². The average molecular weight is 342 g/mol. The van der Waals surface area contributed by atoms with Crippen LogP contribution >= 0.6 is 0 Å². The second kappa shape index (κ2) is 6.91. The fourth-order valence-corrected chi connectivity index (χ4v) is 4.39. The molecule has 3 N–H and O–H groups in total. The molecule has 4 nitrogen and oxygen atoms in total. The lowest BCUT2D eigenvalue weighted by Crippen LogP contribution is -2.48. The van der Waals surface area contributed by atoms with Crippen LogP contribution in [0.3, 0.4) is 0 Å². The highest BCUT2D eigenvalue weighted by Crippen LogP contribution is 2.42. The molecule has 0 saturated heterocycles. The van der Waals surface area contributed by atoms with Crippen LogP contribution in [0.2, 0.25) is 0 Å². The number of anilines is 1. The predicted octanol–water partition coefficient (Wildman–Crippen LogP) is 4.01. The van der Waals surface area contributed by atoms with Crippen molar-refractivity contribution >= 4 is 17.4 Å². The summed E-state index contributed by atoms with van der Waals surface area (Å²) in [5.41, 5.74) is 7.36. The lowest BCUT2D eigenvalue weighted by molar-refractivity contribution is -0.122. The van der Waals surface area contributed by atoms with Gasteiger partial charge in [0.25, 0.3) is 0 Å². The Morgan fingerprint density at radius 3 is 2.12 bits per heavy atom. The van der Waals surface area contributed by atoms with Crippen LogP contribution in [0.1, 0.15) is 63.2 Å². The van der Waals surface area contributed by atoms with Gasteiger partial charge in [0, 0.05) is 28.6 Å². The Balaban J connectivity index is 1.63. The summed E-state index contributed by atoms with van der Waals surface area (Å²) in [7, 11) is 0. The molecule has 25 heavy (non-hydrogen) atoms. The summed E-state index contributed by atoms with van der Waals surface area (Å²) >= 11 is 0. The third kappa shape index (κ3) is 3.95. The van der Waals surface area contributed by atoms with E-state index >= 15 is 0 Å². The number of amides is 1. The van der Waals surface area contributed by atoms with E-state index < -0.39 is 5.41 Å². The normalized spacial score (nSPS) is 29.1. The SMILES string of the molecule is CC(C)(C)C(=O)c1ccc(NC(=O)C2CC3CCCC(C2)C3N)cc1. The number of hydrogen-bond acceptors (Lipinski definition) is 3. The molecule has 4 heteroatoms. The monoisotopic (exact) mass is 342 g/mol. The average Bonchev–Trinajstić information content (AvgIpc) is 2.53. The third-order valence-corrected chi connectivity index (χ3v) is 5.88. The van der Waals surface area contributed by atoms with Gasteiger partial charge in [-0.15, -0.1) is 0 Å². The van der Waals surface area contributed by atoms with Crippen molar-refractivity contribution in [2.75, 3.05) is 5.32 Å². The minimum Gasteiger partial charge on any atom is -0.327 e. The molecule has 2 fully saturated rings. The molecule has 0 spiro atoms. The van der Waals surface area contributed by atoms with Crippen molar-refractivity contribution in [3.05, 3.63) is 29.8 Å². The fourth-order valence-electron chi connectivity index (χ4n) is 4.39. The van der Waals surface area contributed by atoms with E-state index in [1.807, 2.05) is 32.9 Å². The Morgan fingerprint density at radius 2 is 1.60 bits per heavy atom. The molecule has 1 aromatic rings. The topological polar surface area (TPSA) is 72.2 Å². The summed E-state index contributed by atoms with van der Waals surface area (Å²) in [6.07, 6.45) is 5.38. The first-order valence-electron chi connectivity index (χ1n) is 9.47. The molecule has 0 aromatic heterocycles. The van der Waals surface area contributed by atoms with Crippen molar-refractivity contribution in [2.45, 2.75) is 58.9 Å². The van der Waals surface area contributed by atoms with Gasteiger partial charge in [0.1, 0.15) is 0 Å². The first-order valence-corrected chi connectivity index (χ1v) is 9.47. The highest BCUT2D eigenvalue weighted by Gasteiger charge is 2.40. The van der Waals surface area contributed by atoms with E-state index in [0.29, 0.717) is 17.4 Å². The summed E-state index contributed by atoms with van der Waals surface area (Å²) in [5.74, 6) is 1.26. The van der Waals surface area contributed by atoms with Crippen LogP contribution in [0.5, 0.6) is 0 Å². The zero-order chi connectivity index (χ0) is 18.2. The molecule has 2 aliphatic carbocycles. The van der Waals surface area contributed by atoms with Gasteiger partial charge in [0.15, 0.2) is 5.78 Å². The molecule has 0 heterocycles. The molecule has 136 valence electrons. The van der Waals surface area contributed by atoms with Gasteiger partial charge in [0.2, 0.25) is 5.91 Å². The Morgan fingerprint density at radius 1 is 1.04 bits per heavy atom. The molecule has 3 rings (SSSR count). The van der Waals surface area contributed by atoms with Crippen LogP contribution in [0.15, 0.2) is 24.3 Å². The second-order valence-electron chi connectivity index (χ2n) is 8.84. The van der Waals surface area contributed by atoms with Gasteiger partial charge in [-0.05, 0) is 61.8 Å². The van der Waals surface area contributed by atoms with Crippen LogP contribution in [0.4, 0.5) is 5.69 Å². The van der Waals surface area contributed by atoms with E-state index in [1.165, 1.54) is 6.42 Å². The lowest BCUT2D eigenvalue weighted by Gasteiger charge is -2.43. The van der Waals surface area contributed by atoms with Crippen LogP contribution < -0.4 is 11.1 Å². The smallest absolute Gasteiger partial charge is 0.227 e. The van der Waals surface area contributed by atoms with E-state index in [-0.39, 0.29) is 23.7 Å². The second-order valence-corrected chi connectivity index (χ2v) is 8.84. The van der Waals surface area contributed by atoms with Crippen LogP contribution in [-0.4, -0.2) is 17.7 Å². The summed E-state index contributed by atoms with van der Waals surface area (Å²) in [5, 5.41) is 3.03. The number of rotatable bonds is 3. The maximum absolute atomic E-state index is 12.7. The minimum absolute atomic E-state index is 0.0611. The molecule has 2 aliphatic rings. The standard InChI is InChI=1S/C21H30N2O2/c1-21(2,3)19(24)13-7-9-17(10-8-13)23-20(25)16-11-14-5-4-6-15(12-16)18(14)22/h7-10,14-16,18H,4-6,11-12,22H2,1-3H3,(H,23,25). The summed E-state index contributed by atoms with van der Waals surface area (Å²) in [6, 6.07) is 7.53.